The monoisotopic (exact) mass is 643 g/mol. The van der Waals surface area contributed by atoms with Gasteiger partial charge in [-0.2, -0.15) is 13.5 Å². The van der Waals surface area contributed by atoms with Crippen LogP contribution in [0.3, 0.4) is 0 Å². The van der Waals surface area contributed by atoms with Crippen LogP contribution in [0.15, 0.2) is 53.4 Å². The maximum absolute atomic E-state index is 13.9. The minimum absolute atomic E-state index is 0. The van der Waals surface area contributed by atoms with Crippen LogP contribution in [0.1, 0.15) is 62.5 Å². The highest BCUT2D eigenvalue weighted by Crippen LogP contribution is 2.28. The Bertz CT molecular complexity index is 1440. The van der Waals surface area contributed by atoms with Gasteiger partial charge in [0, 0.05) is 50.8 Å². The van der Waals surface area contributed by atoms with Crippen LogP contribution >= 0.6 is 13.5 Å². The molecular weight excluding hydrogens is 599 g/mol. The Morgan fingerprint density at radius 1 is 1.07 bits per heavy atom. The minimum atomic E-state index is -3.89. The van der Waals surface area contributed by atoms with E-state index < -0.39 is 15.8 Å². The van der Waals surface area contributed by atoms with Gasteiger partial charge in [-0.05, 0) is 80.7 Å². The third-order valence-corrected chi connectivity index (χ3v) is 10.3. The fraction of sp³-hybridized carbons (Fsp3) is 0.500. The van der Waals surface area contributed by atoms with Crippen LogP contribution in [0.25, 0.3) is 0 Å². The predicted octanol–water partition coefficient (Wildman–Crippen LogP) is 3.39. The number of piperidine rings is 2. The first-order chi connectivity index (χ1) is 20.6. The molecule has 2 heterocycles. The molecule has 0 aromatic heterocycles. The Labute approximate surface area is 267 Å². The topological polar surface area (TPSA) is 154 Å². The van der Waals surface area contributed by atoms with Gasteiger partial charge in [0.2, 0.25) is 17.7 Å². The average molecular weight is 644 g/mol. The molecule has 0 spiro atoms. The van der Waals surface area contributed by atoms with E-state index in [0.717, 1.165) is 44.1 Å². The molecule has 4 rings (SSSR count). The van der Waals surface area contributed by atoms with Gasteiger partial charge in [-0.15, -0.1) is 0 Å². The van der Waals surface area contributed by atoms with Crippen molar-refractivity contribution in [1.82, 2.24) is 10.2 Å². The molecule has 44 heavy (non-hydrogen) atoms. The van der Waals surface area contributed by atoms with Crippen molar-refractivity contribution >= 4 is 52.6 Å². The molecule has 0 unspecified atom stereocenters. The number of hydrogen-bond donors (Lipinski definition) is 3. The summed E-state index contributed by atoms with van der Waals surface area (Å²) in [6.45, 7) is 1.64. The molecule has 12 heteroatoms. The van der Waals surface area contributed by atoms with Gasteiger partial charge in [-0.1, -0.05) is 24.3 Å². The summed E-state index contributed by atoms with van der Waals surface area (Å²) in [5.74, 6) is -1.09. The van der Waals surface area contributed by atoms with Gasteiger partial charge >= 0.3 is 0 Å². The lowest BCUT2D eigenvalue weighted by Gasteiger charge is -2.34. The van der Waals surface area contributed by atoms with E-state index in [1.54, 1.807) is 53.2 Å². The number of nitrogen functional groups attached to an aromatic ring is 1. The molecule has 2 fully saturated rings. The largest absolute Gasteiger partial charge is 0.384 e. The van der Waals surface area contributed by atoms with Crippen LogP contribution in [-0.2, 0) is 30.6 Å². The zero-order valence-corrected chi connectivity index (χ0v) is 27.2. The zero-order valence-electron chi connectivity index (χ0n) is 25.4. The van der Waals surface area contributed by atoms with Gasteiger partial charge in [-0.3, -0.25) is 19.8 Å². The third-order valence-electron chi connectivity index (χ3n) is 8.52. The molecule has 1 atom stereocenters. The Kier molecular flexibility index (Phi) is 12.8. The quantitative estimate of drug-likeness (QED) is 0.238. The van der Waals surface area contributed by atoms with Crippen molar-refractivity contribution in [2.24, 2.45) is 17.6 Å². The number of amides is 3. The highest BCUT2D eigenvalue weighted by Gasteiger charge is 2.33. The Morgan fingerprint density at radius 2 is 1.80 bits per heavy atom. The fourth-order valence-corrected chi connectivity index (χ4v) is 7.60. The van der Waals surface area contributed by atoms with Crippen LogP contribution in [-0.4, -0.2) is 69.3 Å². The molecule has 2 aromatic rings. The molecule has 0 aliphatic carbocycles. The van der Waals surface area contributed by atoms with Crippen molar-refractivity contribution in [1.29, 1.82) is 5.41 Å². The number of amidine groups is 1. The van der Waals surface area contributed by atoms with Crippen molar-refractivity contribution < 1.29 is 22.8 Å². The summed E-state index contributed by atoms with van der Waals surface area (Å²) < 4.78 is 27.6. The molecule has 2 saturated heterocycles. The summed E-state index contributed by atoms with van der Waals surface area (Å²) in [7, 11) is -2.26. The number of nitrogens with one attached hydrogen (secondary N) is 2. The molecule has 2 aromatic carbocycles. The summed E-state index contributed by atoms with van der Waals surface area (Å²) in [6, 6.07) is 13.5. The molecule has 240 valence electrons. The van der Waals surface area contributed by atoms with Crippen LogP contribution in [0.4, 0.5) is 5.69 Å². The number of likely N-dealkylation sites (tertiary alicyclic amines) is 1. The van der Waals surface area contributed by atoms with Crippen LogP contribution < -0.4 is 16.0 Å². The van der Waals surface area contributed by atoms with E-state index in [1.165, 1.54) is 6.07 Å². The summed E-state index contributed by atoms with van der Waals surface area (Å²) in [5.41, 5.74) is 7.50. The first-order valence-electron chi connectivity index (χ1n) is 15.1. The van der Waals surface area contributed by atoms with Crippen molar-refractivity contribution in [3.05, 3.63) is 59.7 Å². The van der Waals surface area contributed by atoms with E-state index in [-0.39, 0.29) is 54.1 Å². The van der Waals surface area contributed by atoms with E-state index in [1.807, 2.05) is 6.07 Å². The number of anilines is 1. The van der Waals surface area contributed by atoms with Crippen molar-refractivity contribution in [3.8, 4) is 0 Å². The maximum Gasteiger partial charge on any atom is 0.227 e. The first kappa shape index (κ1) is 35.1. The van der Waals surface area contributed by atoms with Crippen molar-refractivity contribution in [2.75, 3.05) is 37.3 Å². The van der Waals surface area contributed by atoms with Gasteiger partial charge in [0.05, 0.1) is 16.6 Å². The highest BCUT2D eigenvalue weighted by molar-refractivity contribution is 7.91. The third kappa shape index (κ3) is 9.31. The second kappa shape index (κ2) is 16.1. The highest BCUT2D eigenvalue weighted by atomic mass is 32.2. The van der Waals surface area contributed by atoms with Crippen LogP contribution in [0.2, 0.25) is 0 Å². The van der Waals surface area contributed by atoms with E-state index >= 15 is 0 Å². The smallest absolute Gasteiger partial charge is 0.227 e. The number of nitrogens with two attached hydrogens (primary N) is 1. The normalized spacial score (nSPS) is 16.6. The lowest BCUT2D eigenvalue weighted by molar-refractivity contribution is -0.136. The molecule has 0 radical (unpaired) electrons. The molecule has 4 N–H and O–H groups in total. The summed E-state index contributed by atoms with van der Waals surface area (Å²) in [6.07, 6.45) is 6.15. The number of carbonyl (C=O) groups is 3. The van der Waals surface area contributed by atoms with Gasteiger partial charge in [0.25, 0.3) is 0 Å². The number of nitrogens with zero attached hydrogens (tertiary/aromatic N) is 2. The second-order valence-corrected chi connectivity index (χ2v) is 13.7. The molecule has 2 aliphatic heterocycles. The minimum Gasteiger partial charge on any atom is -0.384 e. The number of rotatable bonds is 12. The summed E-state index contributed by atoms with van der Waals surface area (Å²) in [5, 5.41) is 10.4. The summed E-state index contributed by atoms with van der Waals surface area (Å²) in [4.78, 5) is 41.5. The standard InChI is InChI=1S/C32H43N5O5S.H2S/c1-35-29(38)12-5-7-23-14-17-36(18-15-23)32(40)26(20-24-8-4-9-25(19-24)31(33)34)22-43(41,42)28-11-6-10-27(21-28)37-16-3-2-13-30(37)39;/h4,6,8-11,19,21,23,26H,2-3,5,7,12-18,20,22H2,1H3,(H3,33,34)(H,35,38);1H2/t26-;/m1./s1. The van der Waals surface area contributed by atoms with Gasteiger partial charge in [0.15, 0.2) is 9.84 Å². The van der Waals surface area contributed by atoms with Gasteiger partial charge in [0.1, 0.15) is 5.84 Å². The second-order valence-electron chi connectivity index (χ2n) is 11.6. The number of hydrogen-bond acceptors (Lipinski definition) is 6. The van der Waals surface area contributed by atoms with E-state index in [2.05, 4.69) is 5.32 Å². The molecule has 2 aliphatic rings. The van der Waals surface area contributed by atoms with Crippen molar-refractivity contribution in [3.63, 3.8) is 0 Å². The first-order valence-corrected chi connectivity index (χ1v) is 16.8. The van der Waals surface area contributed by atoms with E-state index in [0.29, 0.717) is 49.6 Å². The molecular formula is C32H45N5O5S2. The molecule has 0 bridgehead atoms. The van der Waals surface area contributed by atoms with E-state index in [9.17, 15) is 22.8 Å². The lowest BCUT2D eigenvalue weighted by atomic mass is 9.90. The average Bonchev–Trinajstić information content (AvgIpc) is 3.01. The molecule has 0 saturated carbocycles. The Balaban J connectivity index is 0.00000529. The van der Waals surface area contributed by atoms with Crippen molar-refractivity contribution in [2.45, 2.75) is 62.7 Å². The number of sulfone groups is 1. The SMILES string of the molecule is CNC(=O)CCCC1CCN(C(=O)[C@H](Cc2cccc(C(=N)N)c2)CS(=O)(=O)c2cccc(N3CCCCC3=O)c2)CC1.S. The van der Waals surface area contributed by atoms with Gasteiger partial charge in [-0.25, -0.2) is 8.42 Å². The zero-order chi connectivity index (χ0) is 31.0. The molecule has 10 nitrogen and oxygen atoms in total. The maximum atomic E-state index is 13.9. The fourth-order valence-electron chi connectivity index (χ4n) is 6.03. The summed E-state index contributed by atoms with van der Waals surface area (Å²) >= 11 is 0. The van der Waals surface area contributed by atoms with Crippen LogP contribution in [0.5, 0.6) is 0 Å². The van der Waals surface area contributed by atoms with E-state index in [4.69, 9.17) is 11.1 Å². The Morgan fingerprint density at radius 3 is 2.48 bits per heavy atom. The number of carbonyl (C=O) groups excluding carboxylic acids is 3. The molecule has 3 amide bonds. The lowest BCUT2D eigenvalue weighted by Crippen LogP contribution is -2.44. The van der Waals surface area contributed by atoms with Crippen LogP contribution in [0, 0.1) is 17.2 Å². The predicted molar refractivity (Wildman–Crippen MR) is 177 cm³/mol. The number of benzene rings is 2. The Hall–Kier alpha value is -3.38. The van der Waals surface area contributed by atoms with Gasteiger partial charge < -0.3 is 20.9 Å².